The van der Waals surface area contributed by atoms with Crippen LogP contribution in [0.4, 0.5) is 0 Å². The molecule has 0 unspecified atom stereocenters. The average molecular weight is 433 g/mol. The Morgan fingerprint density at radius 3 is 2.20 bits per heavy atom. The molecule has 6 nitrogen and oxygen atoms in total. The Hall–Kier alpha value is -2.38. The second-order valence-electron chi connectivity index (χ2n) is 7.92. The zero-order chi connectivity index (χ0) is 22.1. The standard InChI is InChI=1S/C23H32N2O4S/c1-17(2)16-24-23(26)19(4)29-21-12-14-22(15-13-21)30(27,28)25-18(3)10-11-20-8-6-5-7-9-20/h5-9,12-15,17-19,25H,10-11,16H2,1-4H3,(H,24,26)/t18-,19-/m1/s1. The van der Waals surface area contributed by atoms with Crippen LogP contribution in [-0.2, 0) is 21.2 Å². The fraction of sp³-hybridized carbons (Fsp3) is 0.435. The first kappa shape index (κ1) is 23.9. The zero-order valence-corrected chi connectivity index (χ0v) is 18.9. The molecule has 0 aliphatic rings. The van der Waals surface area contributed by atoms with Crippen LogP contribution in [0.3, 0.4) is 0 Å². The maximum absolute atomic E-state index is 12.6. The van der Waals surface area contributed by atoms with Gasteiger partial charge in [0, 0.05) is 12.6 Å². The topological polar surface area (TPSA) is 84.5 Å². The molecule has 0 aliphatic heterocycles. The van der Waals surface area contributed by atoms with Gasteiger partial charge in [0.25, 0.3) is 5.91 Å². The first-order valence-corrected chi connectivity index (χ1v) is 11.8. The van der Waals surface area contributed by atoms with E-state index in [9.17, 15) is 13.2 Å². The summed E-state index contributed by atoms with van der Waals surface area (Å²) in [5, 5.41) is 2.81. The maximum Gasteiger partial charge on any atom is 0.260 e. The summed E-state index contributed by atoms with van der Waals surface area (Å²) < 4.78 is 33.6. The summed E-state index contributed by atoms with van der Waals surface area (Å²) in [5.41, 5.74) is 1.18. The lowest BCUT2D eigenvalue weighted by Crippen LogP contribution is -2.38. The lowest BCUT2D eigenvalue weighted by Gasteiger charge is -2.17. The molecule has 0 fully saturated rings. The summed E-state index contributed by atoms with van der Waals surface area (Å²) in [5.74, 6) is 0.598. The molecule has 0 spiro atoms. The Morgan fingerprint density at radius 2 is 1.60 bits per heavy atom. The number of hydrogen-bond donors (Lipinski definition) is 2. The van der Waals surface area contributed by atoms with Gasteiger partial charge in [0.2, 0.25) is 10.0 Å². The fourth-order valence-electron chi connectivity index (χ4n) is 2.82. The minimum Gasteiger partial charge on any atom is -0.481 e. The van der Waals surface area contributed by atoms with Crippen LogP contribution in [0.5, 0.6) is 5.75 Å². The minimum atomic E-state index is -3.63. The first-order valence-electron chi connectivity index (χ1n) is 10.3. The Balaban J connectivity index is 1.89. The lowest BCUT2D eigenvalue weighted by atomic mass is 10.1. The van der Waals surface area contributed by atoms with Gasteiger partial charge in [0.1, 0.15) is 5.75 Å². The third kappa shape index (κ3) is 7.80. The molecule has 2 aromatic carbocycles. The van der Waals surface area contributed by atoms with Gasteiger partial charge < -0.3 is 10.1 Å². The van der Waals surface area contributed by atoms with E-state index in [1.807, 2.05) is 51.1 Å². The van der Waals surface area contributed by atoms with E-state index < -0.39 is 16.1 Å². The molecule has 0 saturated heterocycles. The Morgan fingerprint density at radius 1 is 0.967 bits per heavy atom. The summed E-state index contributed by atoms with van der Waals surface area (Å²) in [7, 11) is -3.63. The van der Waals surface area contributed by atoms with Crippen molar-refractivity contribution in [3.05, 3.63) is 60.2 Å². The van der Waals surface area contributed by atoms with E-state index in [4.69, 9.17) is 4.74 Å². The third-order valence-corrected chi connectivity index (χ3v) is 6.17. The van der Waals surface area contributed by atoms with Gasteiger partial charge in [-0.25, -0.2) is 13.1 Å². The molecule has 2 N–H and O–H groups in total. The first-order chi connectivity index (χ1) is 14.2. The number of ether oxygens (including phenoxy) is 1. The summed E-state index contributed by atoms with van der Waals surface area (Å²) >= 11 is 0. The second kappa shape index (κ2) is 11.1. The number of hydrogen-bond acceptors (Lipinski definition) is 4. The molecular weight excluding hydrogens is 400 g/mol. The summed E-state index contributed by atoms with van der Waals surface area (Å²) in [6, 6.07) is 15.9. The van der Waals surface area contributed by atoms with Gasteiger partial charge >= 0.3 is 0 Å². The predicted octanol–water partition coefficient (Wildman–Crippen LogP) is 3.53. The molecule has 2 atom stereocenters. The molecule has 7 heteroatoms. The summed E-state index contributed by atoms with van der Waals surface area (Å²) in [6.07, 6.45) is 0.837. The van der Waals surface area contributed by atoms with Gasteiger partial charge in [-0.15, -0.1) is 0 Å². The van der Waals surface area contributed by atoms with Crippen LogP contribution in [-0.4, -0.2) is 33.0 Å². The van der Waals surface area contributed by atoms with Crippen LogP contribution < -0.4 is 14.8 Å². The van der Waals surface area contributed by atoms with Crippen LogP contribution in [0.1, 0.15) is 39.7 Å². The highest BCUT2D eigenvalue weighted by Crippen LogP contribution is 2.18. The molecule has 2 aromatic rings. The van der Waals surface area contributed by atoms with E-state index in [-0.39, 0.29) is 16.8 Å². The quantitative estimate of drug-likeness (QED) is 0.569. The molecule has 0 aliphatic carbocycles. The van der Waals surface area contributed by atoms with Crippen LogP contribution in [0.15, 0.2) is 59.5 Å². The van der Waals surface area contributed by atoms with Crippen molar-refractivity contribution < 1.29 is 17.9 Å². The highest BCUT2D eigenvalue weighted by atomic mass is 32.2. The van der Waals surface area contributed by atoms with Crippen LogP contribution in [0, 0.1) is 5.92 Å². The molecule has 0 bridgehead atoms. The molecular formula is C23H32N2O4S. The number of amides is 1. The SMILES string of the molecule is CC(C)CNC(=O)[C@@H](C)Oc1ccc(S(=O)(=O)N[C@H](C)CCc2ccccc2)cc1. The van der Waals surface area contributed by atoms with E-state index in [1.54, 1.807) is 19.1 Å². The van der Waals surface area contributed by atoms with E-state index in [2.05, 4.69) is 10.0 Å². The fourth-order valence-corrected chi connectivity index (χ4v) is 4.10. The van der Waals surface area contributed by atoms with Crippen LogP contribution in [0.25, 0.3) is 0 Å². The zero-order valence-electron chi connectivity index (χ0n) is 18.1. The highest BCUT2D eigenvalue weighted by molar-refractivity contribution is 7.89. The molecule has 2 rings (SSSR count). The molecule has 1 amide bonds. The number of aryl methyl sites for hydroxylation is 1. The van der Waals surface area contributed by atoms with E-state index >= 15 is 0 Å². The number of rotatable bonds is 11. The molecule has 0 radical (unpaired) electrons. The Bertz CT molecular complexity index is 897. The number of sulfonamides is 1. The van der Waals surface area contributed by atoms with Crippen LogP contribution >= 0.6 is 0 Å². The van der Waals surface area contributed by atoms with Crippen molar-refractivity contribution in [2.24, 2.45) is 5.92 Å². The van der Waals surface area contributed by atoms with Gasteiger partial charge in [-0.05, 0) is 62.4 Å². The number of carbonyl (C=O) groups excluding carboxylic acids is 1. The number of nitrogens with one attached hydrogen (secondary N) is 2. The number of benzene rings is 2. The minimum absolute atomic E-state index is 0.165. The van der Waals surface area contributed by atoms with Gasteiger partial charge in [-0.3, -0.25) is 4.79 Å². The van der Waals surface area contributed by atoms with Crippen molar-refractivity contribution >= 4 is 15.9 Å². The normalized spacial score (nSPS) is 13.6. The average Bonchev–Trinajstić information content (AvgIpc) is 2.71. The van der Waals surface area contributed by atoms with E-state index in [0.29, 0.717) is 24.6 Å². The van der Waals surface area contributed by atoms with Crippen molar-refractivity contribution in [3.63, 3.8) is 0 Å². The monoisotopic (exact) mass is 432 g/mol. The predicted molar refractivity (Wildman–Crippen MR) is 119 cm³/mol. The van der Waals surface area contributed by atoms with Crippen molar-refractivity contribution in [2.75, 3.05) is 6.54 Å². The third-order valence-electron chi connectivity index (χ3n) is 4.57. The Labute approximate surface area is 180 Å². The van der Waals surface area contributed by atoms with Crippen molar-refractivity contribution in [2.45, 2.75) is 57.6 Å². The lowest BCUT2D eigenvalue weighted by molar-refractivity contribution is -0.127. The van der Waals surface area contributed by atoms with Gasteiger partial charge in [-0.2, -0.15) is 0 Å². The largest absolute Gasteiger partial charge is 0.481 e. The van der Waals surface area contributed by atoms with Crippen LogP contribution in [0.2, 0.25) is 0 Å². The molecule has 0 saturated carbocycles. The molecule has 164 valence electrons. The summed E-state index contributed by atoms with van der Waals surface area (Å²) in [4.78, 5) is 12.2. The van der Waals surface area contributed by atoms with E-state index in [1.165, 1.54) is 17.7 Å². The number of carbonyl (C=O) groups is 1. The second-order valence-corrected chi connectivity index (χ2v) is 9.63. The summed E-state index contributed by atoms with van der Waals surface area (Å²) in [6.45, 7) is 8.13. The van der Waals surface area contributed by atoms with Gasteiger partial charge in [0.15, 0.2) is 6.10 Å². The highest BCUT2D eigenvalue weighted by Gasteiger charge is 2.19. The van der Waals surface area contributed by atoms with Gasteiger partial charge in [0.05, 0.1) is 4.90 Å². The van der Waals surface area contributed by atoms with Crippen molar-refractivity contribution in [1.82, 2.24) is 10.0 Å². The maximum atomic E-state index is 12.6. The molecule has 0 heterocycles. The van der Waals surface area contributed by atoms with Crippen molar-refractivity contribution in [1.29, 1.82) is 0 Å². The smallest absolute Gasteiger partial charge is 0.260 e. The Kier molecular flexibility index (Phi) is 8.87. The van der Waals surface area contributed by atoms with Gasteiger partial charge in [-0.1, -0.05) is 44.2 Å². The molecule has 0 aromatic heterocycles. The van der Waals surface area contributed by atoms with E-state index in [0.717, 1.165) is 6.42 Å². The van der Waals surface area contributed by atoms with Crippen molar-refractivity contribution in [3.8, 4) is 5.75 Å². The molecule has 30 heavy (non-hydrogen) atoms.